The molecule has 1 aliphatic heterocycles. The SMILES string of the molecule is Cc1cn([C@H]2CC(O)=C(COP(=O)(O)OP(=O)(O)OP(=O)(O)OP(=O)(O)OP(=O)(O)OP(=O)(O)O)O2)c(=O)[nH]c1=O. The van der Waals surface area contributed by atoms with E-state index in [0.29, 0.717) is 0 Å². The minimum Gasteiger partial charge on any atom is -0.508 e. The molecule has 9 N–H and O–H groups in total. The van der Waals surface area contributed by atoms with Crippen LogP contribution < -0.4 is 11.2 Å². The second-order valence-electron chi connectivity index (χ2n) is 7.14. The molecule has 0 saturated carbocycles. The molecular formula is C10H18N2O23P6. The molecule has 2 rings (SSSR count). The Morgan fingerprint density at radius 1 is 0.829 bits per heavy atom. The summed E-state index contributed by atoms with van der Waals surface area (Å²) in [6.45, 7) is 0.121. The minimum atomic E-state index is -6.44. The van der Waals surface area contributed by atoms with Crippen LogP contribution in [0.25, 0.3) is 0 Å². The molecule has 25 nitrogen and oxygen atoms in total. The summed E-state index contributed by atoms with van der Waals surface area (Å²) in [5.74, 6) is -1.29. The Kier molecular flexibility index (Phi) is 11.0. The second kappa shape index (κ2) is 12.5. The van der Waals surface area contributed by atoms with Gasteiger partial charge in [0.1, 0.15) is 12.4 Å². The third-order valence-electron chi connectivity index (χ3n) is 3.82. The minimum absolute atomic E-state index is 0.0680. The Bertz CT molecular complexity index is 1620. The molecule has 2 heterocycles. The number of aliphatic hydroxyl groups excluding tert-OH is 1. The van der Waals surface area contributed by atoms with E-state index in [9.17, 15) is 61.7 Å². The van der Waals surface area contributed by atoms with E-state index in [-0.39, 0.29) is 5.56 Å². The summed E-state index contributed by atoms with van der Waals surface area (Å²) >= 11 is 0. The zero-order valence-electron chi connectivity index (χ0n) is 19.4. The maximum atomic E-state index is 12.0. The number of hydrogen-bond acceptors (Lipinski definition) is 16. The molecule has 0 saturated heterocycles. The van der Waals surface area contributed by atoms with Crippen molar-refractivity contribution >= 4 is 46.9 Å². The summed E-state index contributed by atoms with van der Waals surface area (Å²) in [7, 11) is -37.0. The zero-order chi connectivity index (χ0) is 31.8. The number of rotatable bonds is 14. The Balaban J connectivity index is 2.03. The predicted octanol–water partition coefficient (Wildman–Crippen LogP) is 0.228. The summed E-state index contributed by atoms with van der Waals surface area (Å²) in [6, 6.07) is 0. The van der Waals surface area contributed by atoms with Gasteiger partial charge in [-0.2, -0.15) is 21.6 Å². The van der Waals surface area contributed by atoms with Gasteiger partial charge in [-0.1, -0.05) is 0 Å². The highest BCUT2D eigenvalue weighted by Gasteiger charge is 2.49. The van der Waals surface area contributed by atoms with Crippen molar-refractivity contribution in [1.29, 1.82) is 0 Å². The Labute approximate surface area is 224 Å². The van der Waals surface area contributed by atoms with Gasteiger partial charge in [-0.25, -0.2) is 32.2 Å². The van der Waals surface area contributed by atoms with Gasteiger partial charge in [0.05, 0.1) is 6.42 Å². The van der Waals surface area contributed by atoms with Crippen molar-refractivity contribution < 1.29 is 97.6 Å². The lowest BCUT2D eigenvalue weighted by Crippen LogP contribution is -2.33. The maximum Gasteiger partial charge on any atom is 0.490 e. The molecule has 1 aromatic rings. The number of H-pyrrole nitrogens is 1. The third-order valence-corrected chi connectivity index (χ3v) is 12.6. The standard InChI is InChI=1S/C10H18N2O23P6/c1-5-3-12(10(15)11-9(5)14)8-2-6(13)7(30-8)4-29-37(19,20)32-39(23,24)34-41(27,28)35-40(25,26)33-38(21,22)31-36(16,17)18/h3,8,13H,2,4H2,1H3,(H,19,20)(H,21,22)(H,23,24)(H,25,26)(H,27,28)(H,11,14,15)(H2,16,17,18)/t8-/m1/s1. The van der Waals surface area contributed by atoms with Crippen LogP contribution in [0, 0.1) is 6.92 Å². The van der Waals surface area contributed by atoms with E-state index in [1.807, 2.05) is 4.98 Å². The van der Waals surface area contributed by atoms with Gasteiger partial charge in [-0.3, -0.25) is 18.9 Å². The Morgan fingerprint density at radius 3 is 1.73 bits per heavy atom. The van der Waals surface area contributed by atoms with Gasteiger partial charge in [0.25, 0.3) is 5.56 Å². The lowest BCUT2D eigenvalue weighted by atomic mass is 10.3. The first kappa shape index (κ1) is 36.1. The average molecular weight is 720 g/mol. The highest BCUT2D eigenvalue weighted by atomic mass is 31.3. The molecular weight excluding hydrogens is 702 g/mol. The lowest BCUT2D eigenvalue weighted by Gasteiger charge is -2.20. The van der Waals surface area contributed by atoms with Crippen LogP contribution in [0.3, 0.4) is 0 Å². The van der Waals surface area contributed by atoms with Gasteiger partial charge in [-0.05, 0) is 6.92 Å². The van der Waals surface area contributed by atoms with Crippen LogP contribution in [0.4, 0.5) is 0 Å². The number of aliphatic hydroxyl groups is 1. The van der Waals surface area contributed by atoms with Gasteiger partial charge in [0.2, 0.25) is 0 Å². The van der Waals surface area contributed by atoms with E-state index >= 15 is 0 Å². The second-order valence-corrected chi connectivity index (χ2v) is 16.3. The molecule has 0 aliphatic carbocycles. The van der Waals surface area contributed by atoms with Gasteiger partial charge in [0, 0.05) is 11.8 Å². The van der Waals surface area contributed by atoms with E-state index in [1.54, 1.807) is 0 Å². The molecule has 0 radical (unpaired) electrons. The van der Waals surface area contributed by atoms with Crippen molar-refractivity contribution in [2.75, 3.05) is 6.61 Å². The van der Waals surface area contributed by atoms with Gasteiger partial charge in [0.15, 0.2) is 12.0 Å². The van der Waals surface area contributed by atoms with E-state index in [2.05, 4.69) is 26.1 Å². The number of nitrogens with one attached hydrogen (secondary N) is 1. The molecule has 1 aromatic heterocycles. The number of hydrogen-bond donors (Lipinski definition) is 9. The van der Waals surface area contributed by atoms with Crippen LogP contribution in [0.5, 0.6) is 0 Å². The van der Waals surface area contributed by atoms with Gasteiger partial charge >= 0.3 is 52.6 Å². The highest BCUT2D eigenvalue weighted by molar-refractivity contribution is 7.72. The topological polar surface area (TPSA) is 384 Å². The molecule has 1 aliphatic rings. The fraction of sp³-hybridized carbons (Fsp3) is 0.400. The van der Waals surface area contributed by atoms with Crippen molar-refractivity contribution in [2.24, 2.45) is 0 Å². The maximum absolute atomic E-state index is 12.0. The Hall–Kier alpha value is -1.12. The number of nitrogens with zero attached hydrogens (tertiary/aromatic N) is 1. The fourth-order valence-corrected chi connectivity index (χ4v) is 9.77. The van der Waals surface area contributed by atoms with Gasteiger partial charge < -0.3 is 44.1 Å². The first-order chi connectivity index (χ1) is 18.2. The van der Waals surface area contributed by atoms with E-state index in [0.717, 1.165) is 10.8 Å². The van der Waals surface area contributed by atoms with E-state index < -0.39 is 89.0 Å². The smallest absolute Gasteiger partial charge is 0.490 e. The summed E-state index contributed by atoms with van der Waals surface area (Å²) in [6.07, 6.45) is -0.660. The van der Waals surface area contributed by atoms with Gasteiger partial charge in [-0.15, -0.1) is 0 Å². The summed E-state index contributed by atoms with van der Waals surface area (Å²) in [5.41, 5.74) is -1.60. The molecule has 0 spiro atoms. The molecule has 0 fully saturated rings. The highest BCUT2D eigenvalue weighted by Crippen LogP contribution is 2.75. The number of aryl methyl sites for hydroxylation is 1. The van der Waals surface area contributed by atoms with Crippen LogP contribution in [0.2, 0.25) is 0 Å². The number of phosphoric acid groups is 6. The zero-order valence-corrected chi connectivity index (χ0v) is 24.8. The van der Waals surface area contributed by atoms with Crippen molar-refractivity contribution in [3.63, 3.8) is 0 Å². The molecule has 0 amide bonds. The summed E-state index contributed by atoms with van der Waals surface area (Å²) < 4.78 is 96.2. The predicted molar refractivity (Wildman–Crippen MR) is 123 cm³/mol. The van der Waals surface area contributed by atoms with Crippen LogP contribution in [0.15, 0.2) is 27.3 Å². The largest absolute Gasteiger partial charge is 0.508 e. The molecule has 236 valence electrons. The third kappa shape index (κ3) is 11.8. The molecule has 31 heteroatoms. The molecule has 6 atom stereocenters. The molecule has 0 bridgehead atoms. The number of ether oxygens (including phenoxy) is 1. The quantitative estimate of drug-likeness (QED) is 0.116. The number of phosphoric ester groups is 1. The van der Waals surface area contributed by atoms with Crippen molar-refractivity contribution in [3.05, 3.63) is 44.1 Å². The van der Waals surface area contributed by atoms with E-state index in [1.165, 1.54) is 6.92 Å². The molecule has 41 heavy (non-hydrogen) atoms. The average Bonchev–Trinajstić information content (AvgIpc) is 3.03. The van der Waals surface area contributed by atoms with Crippen LogP contribution in [0.1, 0.15) is 18.2 Å². The first-order valence-electron chi connectivity index (χ1n) is 9.51. The van der Waals surface area contributed by atoms with Crippen molar-refractivity contribution in [3.8, 4) is 0 Å². The van der Waals surface area contributed by atoms with Crippen LogP contribution in [-0.4, -0.2) is 55.5 Å². The van der Waals surface area contributed by atoms with Crippen molar-refractivity contribution in [2.45, 2.75) is 19.6 Å². The normalized spacial score (nSPS) is 23.5. The number of aromatic amines is 1. The first-order valence-corrected chi connectivity index (χ1v) is 18.5. The molecule has 0 aromatic carbocycles. The Morgan fingerprint density at radius 2 is 1.27 bits per heavy atom. The summed E-state index contributed by atoms with van der Waals surface area (Å²) in [5, 5.41) is 9.98. The van der Waals surface area contributed by atoms with E-state index in [4.69, 9.17) is 19.4 Å². The van der Waals surface area contributed by atoms with Crippen LogP contribution >= 0.6 is 46.9 Å². The fourth-order valence-electron chi connectivity index (χ4n) is 2.51. The monoisotopic (exact) mass is 720 g/mol. The van der Waals surface area contributed by atoms with Crippen molar-refractivity contribution in [1.82, 2.24) is 9.55 Å². The molecule has 5 unspecified atom stereocenters. The van der Waals surface area contributed by atoms with Crippen LogP contribution in [-0.2, 0) is 58.2 Å². The lowest BCUT2D eigenvalue weighted by molar-refractivity contribution is 0.0569. The summed E-state index contributed by atoms with van der Waals surface area (Å²) in [4.78, 5) is 88.8. The number of aromatic nitrogens is 2.